The van der Waals surface area contributed by atoms with E-state index in [1.54, 1.807) is 13.0 Å². The molecule has 5 heteroatoms. The van der Waals surface area contributed by atoms with E-state index in [-0.39, 0.29) is 28.7 Å². The summed E-state index contributed by atoms with van der Waals surface area (Å²) < 4.78 is 11.6. The number of carbonyl (C=O) groups excluding carboxylic acids is 2. The fourth-order valence-corrected chi connectivity index (χ4v) is 5.25. The zero-order valence-electron chi connectivity index (χ0n) is 19.1. The minimum atomic E-state index is -0.961. The van der Waals surface area contributed by atoms with Crippen LogP contribution in [0, 0.1) is 16.7 Å². The third kappa shape index (κ3) is 4.76. The number of hydrogen-bond acceptors (Lipinski definition) is 5. The van der Waals surface area contributed by atoms with E-state index in [9.17, 15) is 14.7 Å². The second-order valence-corrected chi connectivity index (χ2v) is 10.0. The molecule has 0 aromatic heterocycles. The molecule has 1 N–H and O–H groups in total. The summed E-state index contributed by atoms with van der Waals surface area (Å²) >= 11 is 0. The van der Waals surface area contributed by atoms with Gasteiger partial charge in [0.1, 0.15) is 6.10 Å². The summed E-state index contributed by atoms with van der Waals surface area (Å²) in [5, 5.41) is 10.5. The van der Waals surface area contributed by atoms with E-state index in [2.05, 4.69) is 34.3 Å². The van der Waals surface area contributed by atoms with Crippen molar-refractivity contribution in [2.45, 2.75) is 98.4 Å². The lowest BCUT2D eigenvalue weighted by Gasteiger charge is -2.54. The molecule has 2 rings (SSSR count). The van der Waals surface area contributed by atoms with Crippen LogP contribution in [0.2, 0.25) is 0 Å². The largest absolute Gasteiger partial charge is 0.458 e. The van der Waals surface area contributed by atoms with Gasteiger partial charge in [0.25, 0.3) is 0 Å². The summed E-state index contributed by atoms with van der Waals surface area (Å²) in [6, 6.07) is 0. The Labute approximate surface area is 175 Å². The van der Waals surface area contributed by atoms with E-state index in [0.29, 0.717) is 6.42 Å². The normalized spacial score (nSPS) is 33.3. The third-order valence-electron chi connectivity index (χ3n) is 7.24. The first-order chi connectivity index (χ1) is 13.2. The highest BCUT2D eigenvalue weighted by molar-refractivity contribution is 5.68. The van der Waals surface area contributed by atoms with E-state index in [4.69, 9.17) is 9.47 Å². The Morgan fingerprint density at radius 1 is 1.24 bits per heavy atom. The Balaban J connectivity index is 2.64. The van der Waals surface area contributed by atoms with Gasteiger partial charge in [-0.1, -0.05) is 39.3 Å². The number of esters is 2. The lowest BCUT2D eigenvalue weighted by molar-refractivity contribution is -0.174. The Morgan fingerprint density at radius 2 is 1.83 bits per heavy atom. The van der Waals surface area contributed by atoms with Crippen molar-refractivity contribution in [2.75, 3.05) is 0 Å². The van der Waals surface area contributed by atoms with Crippen molar-refractivity contribution in [3.8, 4) is 0 Å². The average Bonchev–Trinajstić information content (AvgIpc) is 2.60. The minimum absolute atomic E-state index is 0.0657. The monoisotopic (exact) mass is 406 g/mol. The molecule has 2 aliphatic carbocycles. The Morgan fingerprint density at radius 3 is 2.34 bits per heavy atom. The van der Waals surface area contributed by atoms with Crippen LogP contribution in [-0.2, 0) is 19.1 Å². The van der Waals surface area contributed by atoms with Crippen molar-refractivity contribution in [3.63, 3.8) is 0 Å². The first-order valence-electron chi connectivity index (χ1n) is 10.7. The molecule has 0 spiro atoms. The van der Waals surface area contributed by atoms with Crippen LogP contribution >= 0.6 is 0 Å². The number of ether oxygens (including phenoxy) is 2. The maximum atomic E-state index is 12.0. The molecule has 0 saturated heterocycles. The van der Waals surface area contributed by atoms with Gasteiger partial charge >= 0.3 is 11.9 Å². The fraction of sp³-hybridized carbons (Fsp3) is 0.750. The van der Waals surface area contributed by atoms with Gasteiger partial charge in [-0.2, -0.15) is 0 Å². The van der Waals surface area contributed by atoms with E-state index >= 15 is 0 Å². The summed E-state index contributed by atoms with van der Waals surface area (Å²) in [7, 11) is 0. The highest BCUT2D eigenvalue weighted by atomic mass is 16.6. The Hall–Kier alpha value is -1.62. The Kier molecular flexibility index (Phi) is 6.73. The van der Waals surface area contributed by atoms with Crippen LogP contribution < -0.4 is 0 Å². The summed E-state index contributed by atoms with van der Waals surface area (Å²) in [5.41, 5.74) is 1.00. The van der Waals surface area contributed by atoms with E-state index in [0.717, 1.165) is 31.3 Å². The number of aliphatic hydroxyl groups is 1. The standard InChI is InChI=1S/C24H38O5/c1-9-23(7,27)13-14-24(8)15(2)20(28-16(3)25)21(29-17(4)26)19-18(24)11-10-12-22(19,5)6/h9,15,20-21,27H,1,10-14H2,2-8H3/t15-,20+,21+,23+,24-/m0/s1. The molecule has 0 saturated carbocycles. The maximum Gasteiger partial charge on any atom is 0.303 e. The summed E-state index contributed by atoms with van der Waals surface area (Å²) in [6.45, 7) is 16.9. The van der Waals surface area contributed by atoms with Crippen LogP contribution in [0.25, 0.3) is 0 Å². The van der Waals surface area contributed by atoms with Gasteiger partial charge in [0.05, 0.1) is 5.60 Å². The molecule has 0 amide bonds. The highest BCUT2D eigenvalue weighted by Gasteiger charge is 2.55. The van der Waals surface area contributed by atoms with Crippen LogP contribution in [0.4, 0.5) is 0 Å². The Bertz CT molecular complexity index is 702. The van der Waals surface area contributed by atoms with Crippen LogP contribution in [0.1, 0.15) is 80.6 Å². The number of carbonyl (C=O) groups is 2. The summed E-state index contributed by atoms with van der Waals surface area (Å²) in [5.74, 6) is -0.813. The van der Waals surface area contributed by atoms with Crippen LogP contribution in [0.3, 0.4) is 0 Å². The molecular formula is C24H38O5. The smallest absolute Gasteiger partial charge is 0.303 e. The van der Waals surface area contributed by atoms with Crippen molar-refractivity contribution < 1.29 is 24.2 Å². The predicted molar refractivity (Wildman–Crippen MR) is 113 cm³/mol. The predicted octanol–water partition coefficient (Wildman–Crippen LogP) is 4.73. The van der Waals surface area contributed by atoms with Crippen molar-refractivity contribution in [3.05, 3.63) is 23.8 Å². The van der Waals surface area contributed by atoms with Gasteiger partial charge in [-0.25, -0.2) is 0 Å². The zero-order chi connectivity index (χ0) is 22.2. The van der Waals surface area contributed by atoms with Gasteiger partial charge in [0.2, 0.25) is 0 Å². The molecule has 29 heavy (non-hydrogen) atoms. The van der Waals surface area contributed by atoms with Crippen LogP contribution in [0.15, 0.2) is 23.8 Å². The maximum absolute atomic E-state index is 12.0. The first kappa shape index (κ1) is 23.7. The van der Waals surface area contributed by atoms with Crippen molar-refractivity contribution in [2.24, 2.45) is 16.7 Å². The number of allylic oxidation sites excluding steroid dienone is 1. The number of hydrogen-bond donors (Lipinski definition) is 1. The zero-order valence-corrected chi connectivity index (χ0v) is 19.1. The molecule has 0 aromatic carbocycles. The van der Waals surface area contributed by atoms with Gasteiger partial charge in [0.15, 0.2) is 6.10 Å². The molecule has 5 nitrogen and oxygen atoms in total. The molecule has 0 fully saturated rings. The van der Waals surface area contributed by atoms with Gasteiger partial charge in [-0.3, -0.25) is 9.59 Å². The minimum Gasteiger partial charge on any atom is -0.458 e. The number of rotatable bonds is 6. The summed E-state index contributed by atoms with van der Waals surface area (Å²) in [4.78, 5) is 23.9. The quantitative estimate of drug-likeness (QED) is 0.510. The van der Waals surface area contributed by atoms with Gasteiger partial charge in [-0.05, 0) is 55.4 Å². The highest BCUT2D eigenvalue weighted by Crippen LogP contribution is 2.58. The third-order valence-corrected chi connectivity index (χ3v) is 7.24. The molecule has 2 aliphatic rings. The second-order valence-electron chi connectivity index (χ2n) is 10.0. The molecule has 0 radical (unpaired) electrons. The van der Waals surface area contributed by atoms with E-state index in [1.807, 2.05) is 0 Å². The molecule has 0 bridgehead atoms. The van der Waals surface area contributed by atoms with Crippen molar-refractivity contribution >= 4 is 11.9 Å². The second kappa shape index (κ2) is 8.25. The molecule has 0 aromatic rings. The average molecular weight is 407 g/mol. The molecule has 5 atom stereocenters. The molecular weight excluding hydrogens is 368 g/mol. The van der Waals surface area contributed by atoms with Crippen molar-refractivity contribution in [1.29, 1.82) is 0 Å². The molecule has 164 valence electrons. The van der Waals surface area contributed by atoms with E-state index < -0.39 is 17.8 Å². The summed E-state index contributed by atoms with van der Waals surface area (Å²) in [6.07, 6.45) is 4.74. The molecule has 0 aliphatic heterocycles. The fourth-order valence-electron chi connectivity index (χ4n) is 5.25. The van der Waals surface area contributed by atoms with Crippen LogP contribution in [-0.4, -0.2) is 34.9 Å². The van der Waals surface area contributed by atoms with Gasteiger partial charge in [-0.15, -0.1) is 6.58 Å². The molecule has 0 heterocycles. The molecule has 0 unspecified atom stereocenters. The lowest BCUT2D eigenvalue weighted by Crippen LogP contribution is -2.55. The topological polar surface area (TPSA) is 72.8 Å². The van der Waals surface area contributed by atoms with Gasteiger partial charge in [0, 0.05) is 19.8 Å². The van der Waals surface area contributed by atoms with Gasteiger partial charge < -0.3 is 14.6 Å². The lowest BCUT2D eigenvalue weighted by atomic mass is 9.53. The van der Waals surface area contributed by atoms with E-state index in [1.165, 1.54) is 19.4 Å². The SMILES string of the molecule is C=C[C@@](C)(O)CC[C@]1(C)C2=C([C@@H](OC(C)=O)[C@H](OC(C)=O)[C@@H]1C)C(C)(C)CCC2. The van der Waals surface area contributed by atoms with Crippen molar-refractivity contribution in [1.82, 2.24) is 0 Å². The first-order valence-corrected chi connectivity index (χ1v) is 10.7. The van der Waals surface area contributed by atoms with Crippen LogP contribution in [0.5, 0.6) is 0 Å².